The molecule has 0 heterocycles. The van der Waals surface area contributed by atoms with Gasteiger partial charge in [-0.15, -0.1) is 0 Å². The fraction of sp³-hybridized carbons (Fsp3) is 0.818. The lowest BCUT2D eigenvalue weighted by Crippen LogP contribution is -2.51. The summed E-state index contributed by atoms with van der Waals surface area (Å²) in [5, 5.41) is 22.3. The molecule has 1 aliphatic rings. The van der Waals surface area contributed by atoms with Gasteiger partial charge in [-0.2, -0.15) is 0 Å². The highest BCUT2D eigenvalue weighted by Gasteiger charge is 2.35. The van der Waals surface area contributed by atoms with E-state index in [9.17, 15) is 9.59 Å². The summed E-state index contributed by atoms with van der Waals surface area (Å²) in [6.07, 6.45) is 4.40. The van der Waals surface area contributed by atoms with Gasteiger partial charge in [0.25, 0.3) is 0 Å². The van der Waals surface area contributed by atoms with Gasteiger partial charge in [-0.25, -0.2) is 9.59 Å². The Hall–Kier alpha value is -1.30. The van der Waals surface area contributed by atoms with Crippen LogP contribution < -0.4 is 10.6 Å². The first kappa shape index (κ1) is 13.8. The molecular formula is C11H20N2O4. The maximum absolute atomic E-state index is 11.4. The minimum atomic E-state index is -1.24. The molecule has 0 aromatic carbocycles. The molecule has 6 nitrogen and oxygen atoms in total. The maximum Gasteiger partial charge on any atom is 0.328 e. The van der Waals surface area contributed by atoms with Gasteiger partial charge < -0.3 is 20.8 Å². The van der Waals surface area contributed by atoms with Crippen LogP contribution in [0.2, 0.25) is 0 Å². The molecule has 0 aliphatic heterocycles. The van der Waals surface area contributed by atoms with Crippen LogP contribution in [0.5, 0.6) is 0 Å². The maximum atomic E-state index is 11.4. The van der Waals surface area contributed by atoms with Crippen LogP contribution in [-0.4, -0.2) is 41.4 Å². The molecular weight excluding hydrogens is 224 g/mol. The van der Waals surface area contributed by atoms with Gasteiger partial charge in [-0.1, -0.05) is 13.3 Å². The molecule has 0 bridgehead atoms. The number of aliphatic hydroxyl groups excluding tert-OH is 1. The molecule has 1 saturated carbocycles. The van der Waals surface area contributed by atoms with E-state index in [-0.39, 0.29) is 5.41 Å². The molecule has 0 aromatic heterocycles. The predicted molar refractivity (Wildman–Crippen MR) is 61.6 cm³/mol. The van der Waals surface area contributed by atoms with Crippen LogP contribution in [0, 0.1) is 5.41 Å². The van der Waals surface area contributed by atoms with Gasteiger partial charge in [0.2, 0.25) is 0 Å². The molecule has 0 radical (unpaired) electrons. The summed E-state index contributed by atoms with van der Waals surface area (Å²) < 4.78 is 0. The number of aliphatic carboxylic acids is 1. The number of rotatable bonds is 6. The lowest BCUT2D eigenvalue weighted by Gasteiger charge is -2.41. The van der Waals surface area contributed by atoms with Crippen LogP contribution in [0.1, 0.15) is 32.6 Å². The fourth-order valence-corrected chi connectivity index (χ4v) is 1.99. The Labute approximate surface area is 100 Å². The number of aliphatic hydroxyl groups is 1. The van der Waals surface area contributed by atoms with Crippen LogP contribution in [0.25, 0.3) is 0 Å². The van der Waals surface area contributed by atoms with Crippen molar-refractivity contribution in [3.63, 3.8) is 0 Å². The van der Waals surface area contributed by atoms with Crippen LogP contribution in [0.15, 0.2) is 0 Å². The standard InChI is InChI=1S/C11H20N2O4/c1-2-11(4-3-5-11)7-12-10(17)13-8(6-14)9(15)16/h8,14H,2-7H2,1H3,(H,15,16)(H2,12,13,17)/t8-/m1/s1. The normalized spacial score (nSPS) is 18.9. The molecule has 0 spiro atoms. The van der Waals surface area contributed by atoms with E-state index in [0.717, 1.165) is 19.3 Å². The third-order valence-electron chi connectivity index (χ3n) is 3.57. The minimum Gasteiger partial charge on any atom is -0.480 e. The van der Waals surface area contributed by atoms with Gasteiger partial charge in [0.05, 0.1) is 6.61 Å². The van der Waals surface area contributed by atoms with E-state index in [1.807, 2.05) is 0 Å². The summed E-state index contributed by atoms with van der Waals surface area (Å²) in [6, 6.07) is -1.78. The first-order valence-corrected chi connectivity index (χ1v) is 5.91. The van der Waals surface area contributed by atoms with Crippen molar-refractivity contribution in [1.29, 1.82) is 0 Å². The Morgan fingerprint density at radius 3 is 2.41 bits per heavy atom. The van der Waals surface area contributed by atoms with Crippen molar-refractivity contribution >= 4 is 12.0 Å². The van der Waals surface area contributed by atoms with Crippen molar-refractivity contribution in [2.75, 3.05) is 13.2 Å². The molecule has 0 aromatic rings. The number of carbonyl (C=O) groups is 2. The molecule has 4 N–H and O–H groups in total. The second-order valence-corrected chi connectivity index (χ2v) is 4.61. The molecule has 0 unspecified atom stereocenters. The average Bonchev–Trinajstić information content (AvgIpc) is 2.24. The number of amides is 2. The smallest absolute Gasteiger partial charge is 0.328 e. The first-order valence-electron chi connectivity index (χ1n) is 5.91. The van der Waals surface area contributed by atoms with Gasteiger partial charge in [0.15, 0.2) is 6.04 Å². The zero-order valence-electron chi connectivity index (χ0n) is 10.0. The molecule has 1 atom stereocenters. The quantitative estimate of drug-likeness (QED) is 0.540. The van der Waals surface area contributed by atoms with E-state index in [0.29, 0.717) is 6.54 Å². The lowest BCUT2D eigenvalue weighted by atomic mass is 9.67. The van der Waals surface area contributed by atoms with Crippen molar-refractivity contribution in [3.05, 3.63) is 0 Å². The Morgan fingerprint density at radius 1 is 1.41 bits per heavy atom. The van der Waals surface area contributed by atoms with E-state index < -0.39 is 24.6 Å². The van der Waals surface area contributed by atoms with Crippen molar-refractivity contribution in [2.24, 2.45) is 5.41 Å². The summed E-state index contributed by atoms with van der Waals surface area (Å²) in [7, 11) is 0. The minimum absolute atomic E-state index is 0.190. The number of carboxylic acids is 1. The lowest BCUT2D eigenvalue weighted by molar-refractivity contribution is -0.140. The molecule has 0 saturated heterocycles. The summed E-state index contributed by atoms with van der Waals surface area (Å²) in [5.74, 6) is -1.24. The summed E-state index contributed by atoms with van der Waals surface area (Å²) in [6.45, 7) is 2.04. The molecule has 1 rings (SSSR count). The highest BCUT2D eigenvalue weighted by Crippen LogP contribution is 2.42. The number of hydrogen-bond acceptors (Lipinski definition) is 3. The van der Waals surface area contributed by atoms with E-state index >= 15 is 0 Å². The van der Waals surface area contributed by atoms with Gasteiger partial charge in [-0.05, 0) is 24.7 Å². The molecule has 1 fully saturated rings. The van der Waals surface area contributed by atoms with Crippen molar-refractivity contribution in [3.8, 4) is 0 Å². The van der Waals surface area contributed by atoms with Crippen LogP contribution in [0.4, 0.5) is 4.79 Å². The van der Waals surface area contributed by atoms with Gasteiger partial charge in [0, 0.05) is 6.54 Å². The second kappa shape index (κ2) is 5.86. The number of urea groups is 1. The predicted octanol–water partition coefficient (Wildman–Crippen LogP) is 0.311. The highest BCUT2D eigenvalue weighted by molar-refractivity contribution is 5.82. The number of nitrogens with one attached hydrogen (secondary N) is 2. The third-order valence-corrected chi connectivity index (χ3v) is 3.57. The largest absolute Gasteiger partial charge is 0.480 e. The van der Waals surface area contributed by atoms with E-state index in [4.69, 9.17) is 10.2 Å². The highest BCUT2D eigenvalue weighted by atomic mass is 16.4. The molecule has 1 aliphatic carbocycles. The number of hydrogen-bond donors (Lipinski definition) is 4. The topological polar surface area (TPSA) is 98.7 Å². The zero-order valence-corrected chi connectivity index (χ0v) is 10.0. The molecule has 6 heteroatoms. The van der Waals surface area contributed by atoms with Crippen molar-refractivity contribution < 1.29 is 19.8 Å². The summed E-state index contributed by atoms with van der Waals surface area (Å²) in [5.41, 5.74) is 0.190. The van der Waals surface area contributed by atoms with E-state index in [1.54, 1.807) is 0 Å². The van der Waals surface area contributed by atoms with Crippen molar-refractivity contribution in [2.45, 2.75) is 38.6 Å². The van der Waals surface area contributed by atoms with Gasteiger partial charge in [-0.3, -0.25) is 0 Å². The van der Waals surface area contributed by atoms with Gasteiger partial charge >= 0.3 is 12.0 Å². The van der Waals surface area contributed by atoms with Crippen LogP contribution >= 0.6 is 0 Å². The number of carbonyl (C=O) groups excluding carboxylic acids is 1. The van der Waals surface area contributed by atoms with Crippen LogP contribution in [-0.2, 0) is 4.79 Å². The van der Waals surface area contributed by atoms with E-state index in [2.05, 4.69) is 17.6 Å². The fourth-order valence-electron chi connectivity index (χ4n) is 1.99. The van der Waals surface area contributed by atoms with E-state index in [1.165, 1.54) is 6.42 Å². The Morgan fingerprint density at radius 2 is 2.06 bits per heavy atom. The SMILES string of the molecule is CCC1(CNC(=O)N[C@H](CO)C(=O)O)CCC1. The average molecular weight is 244 g/mol. The summed E-state index contributed by atoms with van der Waals surface area (Å²) in [4.78, 5) is 22.0. The number of carboxylic acid groups (broad SMARTS) is 1. The third kappa shape index (κ3) is 3.59. The first-order chi connectivity index (χ1) is 8.03. The van der Waals surface area contributed by atoms with Crippen LogP contribution in [0.3, 0.4) is 0 Å². The molecule has 2 amide bonds. The van der Waals surface area contributed by atoms with Gasteiger partial charge in [0.1, 0.15) is 0 Å². The van der Waals surface area contributed by atoms with Crippen molar-refractivity contribution in [1.82, 2.24) is 10.6 Å². The summed E-state index contributed by atoms with van der Waals surface area (Å²) >= 11 is 0. The Kier molecular flexibility index (Phi) is 4.74. The Balaban J connectivity index is 2.32. The Bertz CT molecular complexity index is 284. The second-order valence-electron chi connectivity index (χ2n) is 4.61. The zero-order chi connectivity index (χ0) is 12.9. The monoisotopic (exact) mass is 244 g/mol. The molecule has 17 heavy (non-hydrogen) atoms. The molecule has 98 valence electrons.